The van der Waals surface area contributed by atoms with Crippen LogP contribution >= 0.6 is 35.0 Å². The molecule has 3 rings (SSSR count). The minimum atomic E-state index is -4.88. The van der Waals surface area contributed by atoms with Crippen molar-refractivity contribution in [3.05, 3.63) is 33.4 Å². The molecule has 14 heteroatoms. The van der Waals surface area contributed by atoms with Crippen molar-refractivity contribution in [2.75, 3.05) is 11.5 Å². The normalized spacial score (nSPS) is 12.7. The standard InChI is InChI=1S/C15H9Cl2F6N5S/c1-2-29-13-25-10(15(21,22)23)8-11(24)28(27-12(8)26-13)9-6(16)3-5(4-7(9)17)14(18,19)20/h3-4H,2,24H2,1H3. The van der Waals surface area contributed by atoms with Gasteiger partial charge in [0, 0.05) is 0 Å². The first-order valence-corrected chi connectivity index (χ1v) is 9.41. The molecule has 2 heterocycles. The van der Waals surface area contributed by atoms with E-state index in [4.69, 9.17) is 28.9 Å². The minimum absolute atomic E-state index is 0.179. The van der Waals surface area contributed by atoms with Crippen molar-refractivity contribution in [2.45, 2.75) is 24.4 Å². The number of rotatable bonds is 3. The van der Waals surface area contributed by atoms with Crippen molar-refractivity contribution in [1.82, 2.24) is 19.7 Å². The Morgan fingerprint density at radius 3 is 2.10 bits per heavy atom. The maximum Gasteiger partial charge on any atom is 0.434 e. The summed E-state index contributed by atoms with van der Waals surface area (Å²) in [6.07, 6.45) is -9.60. The van der Waals surface area contributed by atoms with Crippen LogP contribution in [-0.4, -0.2) is 25.5 Å². The predicted molar refractivity (Wildman–Crippen MR) is 97.5 cm³/mol. The molecule has 0 radical (unpaired) electrons. The molecule has 0 aliphatic carbocycles. The fourth-order valence-corrected chi connectivity index (χ4v) is 3.70. The molecule has 29 heavy (non-hydrogen) atoms. The SMILES string of the molecule is CCSc1nc(C(F)(F)F)c2c(N)n(-c3c(Cl)cc(C(F)(F)F)cc3Cl)nc2n1. The van der Waals surface area contributed by atoms with Gasteiger partial charge in [-0.05, 0) is 17.9 Å². The van der Waals surface area contributed by atoms with E-state index in [-0.39, 0.29) is 10.8 Å². The number of hydrogen-bond acceptors (Lipinski definition) is 5. The molecule has 0 aliphatic heterocycles. The highest BCUT2D eigenvalue weighted by molar-refractivity contribution is 7.99. The molecular formula is C15H9Cl2F6N5S. The molecule has 0 fully saturated rings. The Kier molecular flexibility index (Phi) is 5.56. The average molecular weight is 476 g/mol. The molecule has 5 nitrogen and oxygen atoms in total. The van der Waals surface area contributed by atoms with Gasteiger partial charge in [0.1, 0.15) is 11.5 Å². The smallest absolute Gasteiger partial charge is 0.383 e. The van der Waals surface area contributed by atoms with Crippen LogP contribution in [0.3, 0.4) is 0 Å². The van der Waals surface area contributed by atoms with Gasteiger partial charge in [0.15, 0.2) is 16.5 Å². The summed E-state index contributed by atoms with van der Waals surface area (Å²) in [7, 11) is 0. The molecular weight excluding hydrogens is 467 g/mol. The van der Waals surface area contributed by atoms with Crippen LogP contribution in [0.25, 0.3) is 16.7 Å². The first-order valence-electron chi connectivity index (χ1n) is 7.67. The second-order valence-electron chi connectivity index (χ2n) is 5.57. The van der Waals surface area contributed by atoms with Crippen molar-refractivity contribution in [2.24, 2.45) is 0 Å². The highest BCUT2D eigenvalue weighted by Crippen LogP contribution is 2.41. The predicted octanol–water partition coefficient (Wildman–Crippen LogP) is 5.85. The summed E-state index contributed by atoms with van der Waals surface area (Å²) in [5.41, 5.74) is 2.67. The molecule has 0 saturated heterocycles. The minimum Gasteiger partial charge on any atom is -0.383 e. The van der Waals surface area contributed by atoms with Crippen LogP contribution in [0.1, 0.15) is 18.2 Å². The summed E-state index contributed by atoms with van der Waals surface area (Å²) >= 11 is 12.8. The Balaban J connectivity index is 2.31. The molecule has 0 spiro atoms. The van der Waals surface area contributed by atoms with Crippen LogP contribution in [0, 0.1) is 0 Å². The number of anilines is 1. The Hall–Kier alpha value is -1.92. The molecule has 2 aromatic heterocycles. The van der Waals surface area contributed by atoms with Crippen molar-refractivity contribution in [1.29, 1.82) is 0 Å². The Morgan fingerprint density at radius 2 is 1.62 bits per heavy atom. The number of benzene rings is 1. The monoisotopic (exact) mass is 475 g/mol. The van der Waals surface area contributed by atoms with Gasteiger partial charge in [0.05, 0.1) is 21.0 Å². The van der Waals surface area contributed by atoms with E-state index in [1.807, 2.05) is 0 Å². The summed E-state index contributed by atoms with van der Waals surface area (Å²) in [5.74, 6) is -0.167. The van der Waals surface area contributed by atoms with Gasteiger partial charge >= 0.3 is 12.4 Å². The Morgan fingerprint density at radius 1 is 1.03 bits per heavy atom. The molecule has 0 atom stereocenters. The van der Waals surface area contributed by atoms with E-state index in [0.717, 1.165) is 16.4 Å². The van der Waals surface area contributed by atoms with Gasteiger partial charge in [-0.3, -0.25) is 0 Å². The quantitative estimate of drug-likeness (QED) is 0.292. The largest absolute Gasteiger partial charge is 0.434 e. The first-order chi connectivity index (χ1) is 13.3. The second-order valence-corrected chi connectivity index (χ2v) is 7.61. The molecule has 156 valence electrons. The third-order valence-corrected chi connectivity index (χ3v) is 4.95. The van der Waals surface area contributed by atoms with E-state index in [2.05, 4.69) is 15.1 Å². The zero-order chi connectivity index (χ0) is 21.7. The molecule has 0 aliphatic rings. The van der Waals surface area contributed by atoms with Crippen molar-refractivity contribution in [3.8, 4) is 5.69 Å². The lowest BCUT2D eigenvalue weighted by Gasteiger charge is -2.13. The summed E-state index contributed by atoms with van der Waals surface area (Å²) < 4.78 is 80.0. The Labute approximate surface area is 173 Å². The number of nitrogens with zero attached hydrogens (tertiary/aromatic N) is 4. The van der Waals surface area contributed by atoms with E-state index in [1.54, 1.807) is 6.92 Å². The highest BCUT2D eigenvalue weighted by atomic mass is 35.5. The number of nitrogen functional groups attached to an aromatic ring is 1. The maximum absolute atomic E-state index is 13.5. The van der Waals surface area contributed by atoms with Crippen molar-refractivity contribution in [3.63, 3.8) is 0 Å². The van der Waals surface area contributed by atoms with Gasteiger partial charge < -0.3 is 5.73 Å². The fraction of sp³-hybridized carbons (Fsp3) is 0.267. The van der Waals surface area contributed by atoms with Gasteiger partial charge in [-0.15, -0.1) is 5.10 Å². The molecule has 3 aromatic rings. The van der Waals surface area contributed by atoms with Crippen molar-refractivity contribution >= 4 is 51.8 Å². The van der Waals surface area contributed by atoms with Gasteiger partial charge in [-0.25, -0.2) is 14.6 Å². The number of alkyl halides is 6. The second kappa shape index (κ2) is 7.40. The number of fused-ring (bicyclic) bond motifs is 1. The molecule has 0 saturated carbocycles. The summed E-state index contributed by atoms with van der Waals surface area (Å²) in [6, 6.07) is 1.15. The van der Waals surface area contributed by atoms with Crippen molar-refractivity contribution < 1.29 is 26.3 Å². The van der Waals surface area contributed by atoms with E-state index in [1.165, 1.54) is 0 Å². The van der Waals surface area contributed by atoms with E-state index in [9.17, 15) is 26.3 Å². The van der Waals surface area contributed by atoms with E-state index in [0.29, 0.717) is 17.9 Å². The molecule has 0 bridgehead atoms. The molecule has 0 unspecified atom stereocenters. The summed E-state index contributed by atoms with van der Waals surface area (Å²) in [4.78, 5) is 7.44. The zero-order valence-corrected chi connectivity index (χ0v) is 16.5. The van der Waals surface area contributed by atoms with Gasteiger partial charge in [-0.1, -0.05) is 41.9 Å². The van der Waals surface area contributed by atoms with E-state index >= 15 is 0 Å². The van der Waals surface area contributed by atoms with Crippen LogP contribution in [0.2, 0.25) is 10.0 Å². The zero-order valence-electron chi connectivity index (χ0n) is 14.2. The maximum atomic E-state index is 13.5. The van der Waals surface area contributed by atoms with E-state index < -0.39 is 50.5 Å². The lowest BCUT2D eigenvalue weighted by atomic mass is 10.2. The Bertz CT molecular complexity index is 1070. The lowest BCUT2D eigenvalue weighted by Crippen LogP contribution is -2.11. The third-order valence-electron chi connectivity index (χ3n) is 3.65. The number of aromatic nitrogens is 4. The number of hydrogen-bond donors (Lipinski definition) is 1. The topological polar surface area (TPSA) is 69.6 Å². The number of nitrogens with two attached hydrogens (primary N) is 1. The van der Waals surface area contributed by atoms with Crippen LogP contribution < -0.4 is 5.73 Å². The fourth-order valence-electron chi connectivity index (χ4n) is 2.49. The third kappa shape index (κ3) is 4.05. The highest BCUT2D eigenvalue weighted by Gasteiger charge is 2.38. The summed E-state index contributed by atoms with van der Waals surface area (Å²) in [6.45, 7) is 1.69. The van der Waals surface area contributed by atoms with Crippen LogP contribution in [0.15, 0.2) is 17.3 Å². The van der Waals surface area contributed by atoms with Gasteiger partial charge in [0.2, 0.25) is 0 Å². The van der Waals surface area contributed by atoms with Crippen LogP contribution in [-0.2, 0) is 12.4 Å². The van der Waals surface area contributed by atoms with Crippen LogP contribution in [0.5, 0.6) is 0 Å². The summed E-state index contributed by atoms with van der Waals surface area (Å²) in [5, 5.41) is 2.09. The van der Waals surface area contributed by atoms with Gasteiger partial charge in [-0.2, -0.15) is 26.3 Å². The van der Waals surface area contributed by atoms with Crippen LogP contribution in [0.4, 0.5) is 32.2 Å². The van der Waals surface area contributed by atoms with Gasteiger partial charge in [0.25, 0.3) is 0 Å². The first kappa shape index (κ1) is 21.8. The average Bonchev–Trinajstić information content (AvgIpc) is 2.89. The molecule has 1 aromatic carbocycles. The number of thioether (sulfide) groups is 1. The molecule has 2 N–H and O–H groups in total. The molecule has 0 amide bonds. The lowest BCUT2D eigenvalue weighted by molar-refractivity contribution is -0.140. The number of halogens is 8.